The maximum atomic E-state index is 12.6. The van der Waals surface area contributed by atoms with E-state index >= 15 is 0 Å². The summed E-state index contributed by atoms with van der Waals surface area (Å²) in [6.45, 7) is 17.8. The van der Waals surface area contributed by atoms with Crippen LogP contribution in [0.2, 0.25) is 0 Å². The molecule has 11 heteroatoms. The SMILES string of the molecule is CCC(CC)(CC)COC(=O)OCCOC(=O)CC(NCCNCC(O)OC(C)(C)C)C(=O)OC(C)(C)C. The van der Waals surface area contributed by atoms with Gasteiger partial charge in [-0.15, -0.1) is 0 Å². The Morgan fingerprint density at radius 1 is 0.816 bits per heavy atom. The van der Waals surface area contributed by atoms with Crippen LogP contribution in [-0.4, -0.2) is 86.2 Å². The van der Waals surface area contributed by atoms with Gasteiger partial charge in [-0.25, -0.2) is 4.79 Å². The van der Waals surface area contributed by atoms with Crippen molar-refractivity contribution in [3.63, 3.8) is 0 Å². The summed E-state index contributed by atoms with van der Waals surface area (Å²) in [6, 6.07) is -0.935. The van der Waals surface area contributed by atoms with Crippen LogP contribution in [0.15, 0.2) is 0 Å². The van der Waals surface area contributed by atoms with Crippen molar-refractivity contribution in [3.8, 4) is 0 Å². The third kappa shape index (κ3) is 17.5. The van der Waals surface area contributed by atoms with Crippen LogP contribution in [0.25, 0.3) is 0 Å². The van der Waals surface area contributed by atoms with Gasteiger partial charge in [0.2, 0.25) is 0 Å². The lowest BCUT2D eigenvalue weighted by Gasteiger charge is -2.29. The third-order valence-electron chi connectivity index (χ3n) is 5.88. The van der Waals surface area contributed by atoms with E-state index in [1.165, 1.54) is 0 Å². The fourth-order valence-corrected chi connectivity index (χ4v) is 3.44. The predicted molar refractivity (Wildman–Crippen MR) is 144 cm³/mol. The van der Waals surface area contributed by atoms with Crippen LogP contribution in [0.5, 0.6) is 0 Å². The summed E-state index contributed by atoms with van der Waals surface area (Å²) in [7, 11) is 0. The van der Waals surface area contributed by atoms with Crippen molar-refractivity contribution in [3.05, 3.63) is 0 Å². The van der Waals surface area contributed by atoms with Gasteiger partial charge in [0, 0.05) is 25.0 Å². The van der Waals surface area contributed by atoms with E-state index in [2.05, 4.69) is 31.4 Å². The summed E-state index contributed by atoms with van der Waals surface area (Å²) in [6.07, 6.45) is 0.629. The molecule has 38 heavy (non-hydrogen) atoms. The number of nitrogens with one attached hydrogen (secondary N) is 2. The van der Waals surface area contributed by atoms with E-state index in [4.69, 9.17) is 23.7 Å². The first-order valence-corrected chi connectivity index (χ1v) is 13.5. The standard InChI is InChI=1S/C27H52N2O9/c1-10-27(11-2,12-3)19-36-24(33)35-16-15-34-21(30)17-20(23(32)38-26(7,8)9)29-14-13-28-18-22(31)37-25(4,5)6/h20,22,28-29,31H,10-19H2,1-9H3. The molecule has 0 amide bonds. The van der Waals surface area contributed by atoms with Crippen molar-refractivity contribution in [1.82, 2.24) is 10.6 Å². The Morgan fingerprint density at radius 3 is 1.92 bits per heavy atom. The van der Waals surface area contributed by atoms with Crippen LogP contribution in [0.1, 0.15) is 88.0 Å². The van der Waals surface area contributed by atoms with Gasteiger partial charge in [-0.05, 0) is 60.8 Å². The minimum absolute atomic E-state index is 0.0648. The highest BCUT2D eigenvalue weighted by Gasteiger charge is 2.28. The second kappa shape index (κ2) is 17.6. The van der Waals surface area contributed by atoms with Gasteiger partial charge in [0.1, 0.15) is 31.5 Å². The van der Waals surface area contributed by atoms with E-state index < -0.39 is 41.6 Å². The topological polar surface area (TPSA) is 142 Å². The molecule has 0 saturated carbocycles. The molecule has 2 atom stereocenters. The van der Waals surface area contributed by atoms with Crippen molar-refractivity contribution < 1.29 is 43.2 Å². The molecular formula is C27H52N2O9. The summed E-state index contributed by atoms with van der Waals surface area (Å²) >= 11 is 0. The fraction of sp³-hybridized carbons (Fsp3) is 0.889. The number of aliphatic hydroxyl groups is 1. The van der Waals surface area contributed by atoms with Crippen molar-refractivity contribution >= 4 is 18.1 Å². The summed E-state index contributed by atoms with van der Waals surface area (Å²) in [4.78, 5) is 36.8. The summed E-state index contributed by atoms with van der Waals surface area (Å²) < 4.78 is 26.2. The minimum Gasteiger partial charge on any atom is -0.462 e. The van der Waals surface area contributed by atoms with Gasteiger partial charge < -0.3 is 39.4 Å². The molecule has 0 aromatic heterocycles. The van der Waals surface area contributed by atoms with Gasteiger partial charge in [0.05, 0.1) is 12.0 Å². The summed E-state index contributed by atoms with van der Waals surface area (Å²) in [5.41, 5.74) is -1.27. The zero-order chi connectivity index (χ0) is 29.4. The van der Waals surface area contributed by atoms with Crippen molar-refractivity contribution in [2.75, 3.05) is 39.5 Å². The maximum absolute atomic E-state index is 12.6. The van der Waals surface area contributed by atoms with Crippen LogP contribution < -0.4 is 10.6 Å². The monoisotopic (exact) mass is 548 g/mol. The first-order valence-electron chi connectivity index (χ1n) is 13.5. The number of ether oxygens (including phenoxy) is 5. The molecule has 0 aliphatic heterocycles. The number of hydrogen-bond donors (Lipinski definition) is 3. The Labute approximate surface area is 228 Å². The average molecular weight is 549 g/mol. The van der Waals surface area contributed by atoms with Crippen LogP contribution in [-0.2, 0) is 33.3 Å². The zero-order valence-electron chi connectivity index (χ0n) is 24.9. The zero-order valence-corrected chi connectivity index (χ0v) is 24.9. The quantitative estimate of drug-likeness (QED) is 0.100. The van der Waals surface area contributed by atoms with Crippen molar-refractivity contribution in [2.24, 2.45) is 5.41 Å². The van der Waals surface area contributed by atoms with Gasteiger partial charge in [-0.1, -0.05) is 20.8 Å². The van der Waals surface area contributed by atoms with Gasteiger partial charge >= 0.3 is 18.1 Å². The largest absolute Gasteiger partial charge is 0.508 e. The first kappa shape index (κ1) is 36.0. The Bertz CT molecular complexity index is 689. The average Bonchev–Trinajstić information content (AvgIpc) is 2.80. The molecule has 2 unspecified atom stereocenters. The third-order valence-corrected chi connectivity index (χ3v) is 5.88. The lowest BCUT2D eigenvalue weighted by molar-refractivity contribution is -0.163. The molecule has 0 saturated heterocycles. The van der Waals surface area contributed by atoms with Crippen LogP contribution >= 0.6 is 0 Å². The Morgan fingerprint density at radius 2 is 1.39 bits per heavy atom. The molecule has 224 valence electrons. The molecule has 0 fully saturated rings. The molecule has 0 bridgehead atoms. The molecule has 0 rings (SSSR count). The predicted octanol–water partition coefficient (Wildman–Crippen LogP) is 3.31. The van der Waals surface area contributed by atoms with Crippen LogP contribution in [0.4, 0.5) is 4.79 Å². The van der Waals surface area contributed by atoms with E-state index in [9.17, 15) is 19.5 Å². The Hall–Kier alpha value is -1.95. The van der Waals surface area contributed by atoms with Gasteiger partial charge in [-0.3, -0.25) is 9.59 Å². The molecule has 0 spiro atoms. The second-order valence-electron chi connectivity index (χ2n) is 11.3. The number of rotatable bonds is 18. The second-order valence-corrected chi connectivity index (χ2v) is 11.3. The first-order chi connectivity index (χ1) is 17.6. The smallest absolute Gasteiger partial charge is 0.462 e. The highest BCUT2D eigenvalue weighted by Crippen LogP contribution is 2.30. The molecule has 0 aromatic carbocycles. The molecule has 0 aliphatic rings. The van der Waals surface area contributed by atoms with Crippen LogP contribution in [0.3, 0.4) is 0 Å². The van der Waals surface area contributed by atoms with E-state index in [0.717, 1.165) is 19.3 Å². The molecule has 0 radical (unpaired) electrons. The molecular weight excluding hydrogens is 496 g/mol. The molecule has 3 N–H and O–H groups in total. The number of esters is 2. The van der Waals surface area contributed by atoms with Gasteiger partial charge in [-0.2, -0.15) is 0 Å². The Kier molecular flexibility index (Phi) is 16.7. The van der Waals surface area contributed by atoms with E-state index in [1.807, 2.05) is 20.8 Å². The summed E-state index contributed by atoms with van der Waals surface area (Å²) in [5.74, 6) is -1.23. The highest BCUT2D eigenvalue weighted by atomic mass is 16.7. The summed E-state index contributed by atoms with van der Waals surface area (Å²) in [5, 5.41) is 15.9. The number of carbonyl (C=O) groups excluding carboxylic acids is 3. The fourth-order valence-electron chi connectivity index (χ4n) is 3.44. The van der Waals surface area contributed by atoms with Crippen LogP contribution in [0, 0.1) is 5.41 Å². The van der Waals surface area contributed by atoms with Crippen molar-refractivity contribution in [2.45, 2.75) is 112 Å². The van der Waals surface area contributed by atoms with Gasteiger partial charge in [0.15, 0.2) is 6.29 Å². The van der Waals surface area contributed by atoms with Crippen molar-refractivity contribution in [1.29, 1.82) is 0 Å². The molecule has 0 aromatic rings. The molecule has 11 nitrogen and oxygen atoms in total. The van der Waals surface area contributed by atoms with E-state index in [1.54, 1.807) is 20.8 Å². The number of aliphatic hydroxyl groups excluding tert-OH is 1. The normalized spacial score (nSPS) is 13.9. The Balaban J connectivity index is 4.56. The molecule has 0 aliphatic carbocycles. The lowest BCUT2D eigenvalue weighted by atomic mass is 9.81. The number of hydrogen-bond acceptors (Lipinski definition) is 11. The maximum Gasteiger partial charge on any atom is 0.508 e. The van der Waals surface area contributed by atoms with E-state index in [0.29, 0.717) is 13.1 Å². The van der Waals surface area contributed by atoms with E-state index in [-0.39, 0.29) is 38.2 Å². The number of carbonyl (C=O) groups is 3. The lowest BCUT2D eigenvalue weighted by Crippen LogP contribution is -2.46. The van der Waals surface area contributed by atoms with Gasteiger partial charge in [0.25, 0.3) is 0 Å². The molecule has 0 heterocycles. The highest BCUT2D eigenvalue weighted by molar-refractivity contribution is 5.83. The minimum atomic E-state index is -0.974.